The number of alkyl halides is 2. The highest BCUT2D eigenvalue weighted by Gasteiger charge is 2.52. The number of nitrogens with two attached hydrogens (primary N) is 1. The summed E-state index contributed by atoms with van der Waals surface area (Å²) < 4.78 is 25.5. The summed E-state index contributed by atoms with van der Waals surface area (Å²) in [5, 5.41) is 11.2. The average Bonchev–Trinajstić information content (AvgIpc) is 3.42. The maximum atomic E-state index is 13.1. The summed E-state index contributed by atoms with van der Waals surface area (Å²) in [5.41, 5.74) is 7.64. The maximum absolute atomic E-state index is 13.1. The lowest BCUT2D eigenvalue weighted by Crippen LogP contribution is -2.55. The van der Waals surface area contributed by atoms with E-state index in [1.807, 2.05) is 42.5 Å². The molecule has 3 fully saturated rings. The van der Waals surface area contributed by atoms with Gasteiger partial charge in [0.05, 0.1) is 13.1 Å². The molecule has 0 unspecified atom stereocenters. The number of nitrogens with zero attached hydrogens (tertiary/aromatic N) is 3. The summed E-state index contributed by atoms with van der Waals surface area (Å²) in [4.78, 5) is 40.1. The van der Waals surface area contributed by atoms with E-state index in [1.54, 1.807) is 0 Å². The van der Waals surface area contributed by atoms with Gasteiger partial charge in [0.2, 0.25) is 0 Å². The van der Waals surface area contributed by atoms with Crippen LogP contribution >= 0.6 is 15.9 Å². The molecular weight excluding hydrogens is 588 g/mol. The predicted molar refractivity (Wildman–Crippen MR) is 149 cm³/mol. The van der Waals surface area contributed by atoms with Gasteiger partial charge >= 0.3 is 12.1 Å². The molecule has 0 aromatic heterocycles. The van der Waals surface area contributed by atoms with Crippen molar-refractivity contribution in [2.75, 3.05) is 32.7 Å². The number of hydrogen-bond acceptors (Lipinski definition) is 5. The van der Waals surface area contributed by atoms with Gasteiger partial charge in [-0.1, -0.05) is 58.4 Å². The van der Waals surface area contributed by atoms with Gasteiger partial charge in [0.1, 0.15) is 5.54 Å². The average molecular weight is 623 g/mol. The molecule has 3 saturated heterocycles. The van der Waals surface area contributed by atoms with E-state index in [9.17, 15) is 23.2 Å². The fourth-order valence-corrected chi connectivity index (χ4v) is 5.44. The van der Waals surface area contributed by atoms with Crippen LogP contribution in [0, 0.1) is 0 Å². The zero-order valence-electron chi connectivity index (χ0n) is 22.1. The number of urea groups is 1. The molecule has 2 aromatic carbocycles. The molecule has 4 amide bonds. The van der Waals surface area contributed by atoms with E-state index in [1.165, 1.54) is 4.90 Å². The number of likely N-dealkylation sites (tertiary alicyclic amines) is 2. The van der Waals surface area contributed by atoms with Crippen LogP contribution in [0.3, 0.4) is 0 Å². The number of carbonyl (C=O) groups is 3. The number of piperidine rings is 1. The van der Waals surface area contributed by atoms with Gasteiger partial charge < -0.3 is 26.0 Å². The zero-order valence-corrected chi connectivity index (χ0v) is 23.7. The minimum absolute atomic E-state index is 0.0105. The second-order valence-corrected chi connectivity index (χ2v) is 11.4. The monoisotopic (exact) mass is 621 g/mol. The van der Waals surface area contributed by atoms with E-state index in [4.69, 9.17) is 10.8 Å². The van der Waals surface area contributed by atoms with Crippen molar-refractivity contribution in [1.82, 2.24) is 20.0 Å². The fraction of sp³-hybridized carbons (Fsp3) is 0.464. The maximum Gasteiger partial charge on any atom is 0.407 e. The van der Waals surface area contributed by atoms with Crippen molar-refractivity contribution in [2.45, 2.75) is 49.7 Å². The fourth-order valence-electron chi connectivity index (χ4n) is 5.18. The molecular formula is C28H34BrF2N5O4. The van der Waals surface area contributed by atoms with Crippen molar-refractivity contribution >= 4 is 34.0 Å². The normalized spacial score (nSPS) is 20.7. The van der Waals surface area contributed by atoms with Crippen molar-refractivity contribution in [1.29, 1.82) is 0 Å². The van der Waals surface area contributed by atoms with Crippen LogP contribution in [0.2, 0.25) is 0 Å². The number of amides is 4. The van der Waals surface area contributed by atoms with E-state index in [2.05, 4.69) is 38.3 Å². The number of nitrogens with one attached hydrogen (secondary N) is 1. The first-order valence-corrected chi connectivity index (χ1v) is 14.0. The quantitative estimate of drug-likeness (QED) is 0.411. The molecule has 3 aliphatic heterocycles. The Balaban J connectivity index is 0.000000312. The highest BCUT2D eigenvalue weighted by atomic mass is 79.9. The molecule has 0 saturated carbocycles. The van der Waals surface area contributed by atoms with Crippen molar-refractivity contribution < 1.29 is 28.3 Å². The van der Waals surface area contributed by atoms with Crippen LogP contribution in [0.4, 0.5) is 18.4 Å². The van der Waals surface area contributed by atoms with Crippen LogP contribution in [0.25, 0.3) is 0 Å². The Morgan fingerprint density at radius 2 is 1.68 bits per heavy atom. The summed E-state index contributed by atoms with van der Waals surface area (Å²) in [6.07, 6.45) is 0.521. The van der Waals surface area contributed by atoms with E-state index in [-0.39, 0.29) is 30.9 Å². The number of hydrogen-bond donors (Lipinski definition) is 3. The SMILES string of the molecule is N[C@@H](CCN1CCC2(CC1)NC(=O)N(Cc1ccc(Br)cc1)C2=O)c1ccccc1.O=C(O)N1CCC(F)(F)C1. The van der Waals surface area contributed by atoms with Crippen LogP contribution in [0.1, 0.15) is 42.9 Å². The molecule has 1 spiro atoms. The molecule has 0 radical (unpaired) electrons. The number of benzene rings is 2. The van der Waals surface area contributed by atoms with E-state index < -0.39 is 24.1 Å². The summed E-state index contributed by atoms with van der Waals surface area (Å²) >= 11 is 3.41. The van der Waals surface area contributed by atoms with Gasteiger partial charge in [-0.05, 0) is 49.1 Å². The van der Waals surface area contributed by atoms with Gasteiger partial charge in [-0.25, -0.2) is 18.4 Å². The van der Waals surface area contributed by atoms with E-state index >= 15 is 0 Å². The first kappa shape index (κ1) is 29.9. The smallest absolute Gasteiger partial charge is 0.407 e. The van der Waals surface area contributed by atoms with Gasteiger partial charge in [0, 0.05) is 36.6 Å². The third-order valence-corrected chi connectivity index (χ3v) is 8.16. The summed E-state index contributed by atoms with van der Waals surface area (Å²) in [6.45, 7) is 2.04. The molecule has 2 aromatic rings. The van der Waals surface area contributed by atoms with Crippen molar-refractivity contribution in [2.24, 2.45) is 5.73 Å². The Hall–Kier alpha value is -3.09. The third-order valence-electron chi connectivity index (χ3n) is 7.63. The Morgan fingerprint density at radius 1 is 1.02 bits per heavy atom. The van der Waals surface area contributed by atoms with Crippen LogP contribution in [-0.4, -0.2) is 82.0 Å². The van der Waals surface area contributed by atoms with Crippen LogP contribution in [0.15, 0.2) is 59.1 Å². The number of rotatable bonds is 6. The lowest BCUT2D eigenvalue weighted by molar-refractivity contribution is -0.133. The van der Waals surface area contributed by atoms with Crippen LogP contribution < -0.4 is 11.1 Å². The molecule has 216 valence electrons. The van der Waals surface area contributed by atoms with Gasteiger partial charge in [-0.15, -0.1) is 0 Å². The molecule has 4 N–H and O–H groups in total. The minimum Gasteiger partial charge on any atom is -0.465 e. The summed E-state index contributed by atoms with van der Waals surface area (Å²) in [7, 11) is 0. The number of carbonyl (C=O) groups excluding carboxylic acids is 2. The Bertz CT molecular complexity index is 1190. The second-order valence-electron chi connectivity index (χ2n) is 10.5. The van der Waals surface area contributed by atoms with Crippen LogP contribution in [-0.2, 0) is 11.3 Å². The van der Waals surface area contributed by atoms with Gasteiger partial charge in [-0.2, -0.15) is 0 Å². The summed E-state index contributed by atoms with van der Waals surface area (Å²) in [6, 6.07) is 17.5. The van der Waals surface area contributed by atoms with Gasteiger partial charge in [0.15, 0.2) is 0 Å². The zero-order chi connectivity index (χ0) is 28.9. The minimum atomic E-state index is -2.81. The molecule has 0 aliphatic carbocycles. The topological polar surface area (TPSA) is 119 Å². The first-order chi connectivity index (χ1) is 19.0. The highest BCUT2D eigenvalue weighted by Crippen LogP contribution is 2.31. The molecule has 3 aliphatic rings. The third kappa shape index (κ3) is 7.35. The van der Waals surface area contributed by atoms with Gasteiger partial charge in [-0.3, -0.25) is 9.69 Å². The molecule has 1 atom stereocenters. The standard InChI is InChI=1S/C23H27BrN4O2.C5H7F2NO2/c24-19-8-6-17(7-9-19)16-28-21(29)23(26-22(28)30)11-14-27(15-12-23)13-10-20(25)18-4-2-1-3-5-18;6-5(7)1-2-8(3-5)4(9)10/h1-9,20H,10-16,25H2,(H,26,30);1-3H2,(H,9,10)/t20-;/m0./s1. The van der Waals surface area contributed by atoms with E-state index in [0.717, 1.165) is 46.6 Å². The Kier molecular flexibility index (Phi) is 9.42. The predicted octanol–water partition coefficient (Wildman–Crippen LogP) is 4.43. The van der Waals surface area contributed by atoms with Crippen molar-refractivity contribution in [3.05, 3.63) is 70.2 Å². The van der Waals surface area contributed by atoms with Gasteiger partial charge in [0.25, 0.3) is 11.8 Å². The second kappa shape index (κ2) is 12.6. The lowest BCUT2D eigenvalue weighted by atomic mass is 9.87. The lowest BCUT2D eigenvalue weighted by Gasteiger charge is -2.37. The molecule has 12 heteroatoms. The molecule has 3 heterocycles. The molecule has 9 nitrogen and oxygen atoms in total. The van der Waals surface area contributed by atoms with Crippen LogP contribution in [0.5, 0.6) is 0 Å². The summed E-state index contributed by atoms with van der Waals surface area (Å²) in [5.74, 6) is -2.91. The highest BCUT2D eigenvalue weighted by molar-refractivity contribution is 9.10. The van der Waals surface area contributed by atoms with Crippen molar-refractivity contribution in [3.63, 3.8) is 0 Å². The molecule has 0 bridgehead atoms. The number of carboxylic acid groups (broad SMARTS) is 1. The van der Waals surface area contributed by atoms with Crippen molar-refractivity contribution in [3.8, 4) is 0 Å². The Labute approximate surface area is 240 Å². The number of imide groups is 1. The Morgan fingerprint density at radius 3 is 2.23 bits per heavy atom. The molecule has 5 rings (SSSR count). The number of halogens is 3. The first-order valence-electron chi connectivity index (χ1n) is 13.3. The molecule has 40 heavy (non-hydrogen) atoms. The van der Waals surface area contributed by atoms with E-state index in [0.29, 0.717) is 19.4 Å². The largest absolute Gasteiger partial charge is 0.465 e.